The number of ether oxygens (including phenoxy) is 2. The zero-order valence-electron chi connectivity index (χ0n) is 7.29. The van der Waals surface area contributed by atoms with Crippen molar-refractivity contribution >= 4 is 5.97 Å². The Kier molecular flexibility index (Phi) is 2.05. The molecular formula is C9H14O3. The van der Waals surface area contributed by atoms with Crippen LogP contribution >= 0.6 is 0 Å². The van der Waals surface area contributed by atoms with Crippen molar-refractivity contribution in [2.24, 2.45) is 0 Å². The van der Waals surface area contributed by atoms with Crippen LogP contribution in [0, 0.1) is 0 Å². The van der Waals surface area contributed by atoms with E-state index in [4.69, 9.17) is 9.47 Å². The Morgan fingerprint density at radius 2 is 2.42 bits per heavy atom. The summed E-state index contributed by atoms with van der Waals surface area (Å²) in [5, 5.41) is 0. The molecule has 0 N–H and O–H groups in total. The highest BCUT2D eigenvalue weighted by Gasteiger charge is 2.48. The van der Waals surface area contributed by atoms with Crippen molar-refractivity contribution in [3.8, 4) is 0 Å². The Morgan fingerprint density at radius 3 is 3.17 bits per heavy atom. The summed E-state index contributed by atoms with van der Waals surface area (Å²) in [5.41, 5.74) is 0. The summed E-state index contributed by atoms with van der Waals surface area (Å²) in [7, 11) is 0. The first-order valence-electron chi connectivity index (χ1n) is 4.66. The molecule has 0 radical (unpaired) electrons. The van der Waals surface area contributed by atoms with Crippen LogP contribution in [0.4, 0.5) is 0 Å². The molecule has 0 bridgehead atoms. The maximum atomic E-state index is 11.0. The second-order valence-corrected chi connectivity index (χ2v) is 3.45. The molecule has 3 nitrogen and oxygen atoms in total. The minimum absolute atomic E-state index is 0.0520. The van der Waals surface area contributed by atoms with Crippen LogP contribution in [-0.4, -0.2) is 24.3 Å². The zero-order chi connectivity index (χ0) is 8.55. The molecule has 2 rings (SSSR count). The maximum Gasteiger partial charge on any atom is 0.305 e. The Hall–Kier alpha value is -0.570. The molecule has 0 spiro atoms. The summed E-state index contributed by atoms with van der Waals surface area (Å²) in [6.45, 7) is 1.82. The number of fused-ring (bicyclic) bond motifs is 1. The van der Waals surface area contributed by atoms with E-state index < -0.39 is 0 Å². The van der Waals surface area contributed by atoms with Crippen LogP contribution in [0.5, 0.6) is 0 Å². The molecule has 3 heteroatoms. The molecular weight excluding hydrogens is 156 g/mol. The average molecular weight is 170 g/mol. The highest BCUT2D eigenvalue weighted by molar-refractivity contribution is 5.69. The predicted molar refractivity (Wildman–Crippen MR) is 42.7 cm³/mol. The first kappa shape index (κ1) is 8.05. The van der Waals surface area contributed by atoms with Crippen LogP contribution < -0.4 is 0 Å². The largest absolute Gasteiger partial charge is 0.459 e. The molecule has 1 heterocycles. The lowest BCUT2D eigenvalue weighted by atomic mass is 9.98. The van der Waals surface area contributed by atoms with Gasteiger partial charge in [-0.15, -0.1) is 0 Å². The van der Waals surface area contributed by atoms with Crippen molar-refractivity contribution < 1.29 is 14.3 Å². The van der Waals surface area contributed by atoms with E-state index in [0.717, 1.165) is 19.3 Å². The van der Waals surface area contributed by atoms with Crippen molar-refractivity contribution in [1.82, 2.24) is 0 Å². The van der Waals surface area contributed by atoms with Gasteiger partial charge in [0.25, 0.3) is 0 Å². The lowest BCUT2D eigenvalue weighted by Gasteiger charge is -2.18. The summed E-state index contributed by atoms with van der Waals surface area (Å²) in [4.78, 5) is 11.0. The molecule has 68 valence electrons. The molecule has 0 aromatic rings. The van der Waals surface area contributed by atoms with Gasteiger partial charge in [-0.05, 0) is 19.3 Å². The topological polar surface area (TPSA) is 38.8 Å². The van der Waals surface area contributed by atoms with Gasteiger partial charge in [0.2, 0.25) is 0 Å². The van der Waals surface area contributed by atoms with Crippen LogP contribution in [0.1, 0.15) is 32.6 Å². The van der Waals surface area contributed by atoms with E-state index >= 15 is 0 Å². The third-order valence-electron chi connectivity index (χ3n) is 2.54. The number of esters is 1. The standard InChI is InChI=1S/C9H14O3/c1-2-8(10)11-6-4-3-5-7-9(6)12-7/h6-7,9H,2-5H2,1H3/t6?,7-,9-/m0/s1. The molecule has 2 aliphatic rings. The number of hydrogen-bond donors (Lipinski definition) is 0. The van der Waals surface area contributed by atoms with Crippen molar-refractivity contribution in [2.75, 3.05) is 0 Å². The monoisotopic (exact) mass is 170 g/mol. The minimum Gasteiger partial charge on any atom is -0.459 e. The van der Waals surface area contributed by atoms with Gasteiger partial charge in [-0.3, -0.25) is 4.79 Å². The first-order valence-corrected chi connectivity index (χ1v) is 4.66. The quantitative estimate of drug-likeness (QED) is 0.462. The molecule has 2 fully saturated rings. The summed E-state index contributed by atoms with van der Waals surface area (Å²) in [6, 6.07) is 0. The van der Waals surface area contributed by atoms with Crippen LogP contribution in [0.3, 0.4) is 0 Å². The van der Waals surface area contributed by atoms with E-state index in [-0.39, 0.29) is 18.2 Å². The van der Waals surface area contributed by atoms with Gasteiger partial charge in [-0.1, -0.05) is 6.92 Å². The second kappa shape index (κ2) is 3.05. The Balaban J connectivity index is 1.83. The van der Waals surface area contributed by atoms with Gasteiger partial charge < -0.3 is 9.47 Å². The highest BCUT2D eigenvalue weighted by Crippen LogP contribution is 2.38. The number of carbonyl (C=O) groups is 1. The van der Waals surface area contributed by atoms with Gasteiger partial charge in [0, 0.05) is 6.42 Å². The third-order valence-corrected chi connectivity index (χ3v) is 2.54. The van der Waals surface area contributed by atoms with Crippen LogP contribution in [-0.2, 0) is 14.3 Å². The lowest BCUT2D eigenvalue weighted by molar-refractivity contribution is -0.150. The summed E-state index contributed by atoms with van der Waals surface area (Å²) < 4.78 is 10.6. The fourth-order valence-electron chi connectivity index (χ4n) is 1.78. The Bertz CT molecular complexity index is 190. The number of carbonyl (C=O) groups excluding carboxylic acids is 1. The van der Waals surface area contributed by atoms with Gasteiger partial charge in [-0.25, -0.2) is 0 Å². The van der Waals surface area contributed by atoms with Crippen molar-refractivity contribution in [3.63, 3.8) is 0 Å². The molecule has 1 saturated heterocycles. The van der Waals surface area contributed by atoms with E-state index in [2.05, 4.69) is 0 Å². The molecule has 0 amide bonds. The average Bonchev–Trinajstić information content (AvgIpc) is 2.84. The SMILES string of the molecule is CCC(=O)OC1CCC[C@@H]2O[C@@H]12. The summed E-state index contributed by atoms with van der Waals surface area (Å²) >= 11 is 0. The summed E-state index contributed by atoms with van der Waals surface area (Å²) in [6.07, 6.45) is 4.40. The van der Waals surface area contributed by atoms with Gasteiger partial charge in [0.05, 0.1) is 6.10 Å². The van der Waals surface area contributed by atoms with E-state index in [1.54, 1.807) is 0 Å². The van der Waals surface area contributed by atoms with Crippen LogP contribution in [0.25, 0.3) is 0 Å². The van der Waals surface area contributed by atoms with Gasteiger partial charge in [-0.2, -0.15) is 0 Å². The van der Waals surface area contributed by atoms with Crippen molar-refractivity contribution in [2.45, 2.75) is 50.9 Å². The molecule has 12 heavy (non-hydrogen) atoms. The fraction of sp³-hybridized carbons (Fsp3) is 0.889. The molecule has 1 saturated carbocycles. The molecule has 0 aromatic heterocycles. The Morgan fingerprint density at radius 1 is 1.58 bits per heavy atom. The summed E-state index contributed by atoms with van der Waals surface area (Å²) in [5.74, 6) is -0.101. The van der Waals surface area contributed by atoms with E-state index in [1.165, 1.54) is 0 Å². The number of hydrogen-bond acceptors (Lipinski definition) is 3. The lowest BCUT2D eigenvalue weighted by Crippen LogP contribution is -2.27. The molecule has 3 atom stereocenters. The van der Waals surface area contributed by atoms with E-state index in [1.807, 2.05) is 6.92 Å². The van der Waals surface area contributed by atoms with Gasteiger partial charge >= 0.3 is 5.97 Å². The number of rotatable bonds is 2. The predicted octanol–water partition coefficient (Wildman–Crippen LogP) is 1.26. The van der Waals surface area contributed by atoms with Gasteiger partial charge in [0.1, 0.15) is 12.2 Å². The molecule has 1 aliphatic heterocycles. The smallest absolute Gasteiger partial charge is 0.305 e. The van der Waals surface area contributed by atoms with Crippen LogP contribution in [0.15, 0.2) is 0 Å². The normalized spacial score (nSPS) is 38.6. The van der Waals surface area contributed by atoms with E-state index in [0.29, 0.717) is 12.5 Å². The zero-order valence-corrected chi connectivity index (χ0v) is 7.29. The number of epoxide rings is 1. The second-order valence-electron chi connectivity index (χ2n) is 3.45. The van der Waals surface area contributed by atoms with Crippen molar-refractivity contribution in [1.29, 1.82) is 0 Å². The fourth-order valence-corrected chi connectivity index (χ4v) is 1.78. The van der Waals surface area contributed by atoms with E-state index in [9.17, 15) is 4.79 Å². The van der Waals surface area contributed by atoms with Gasteiger partial charge in [0.15, 0.2) is 0 Å². The van der Waals surface area contributed by atoms with Crippen molar-refractivity contribution in [3.05, 3.63) is 0 Å². The molecule has 0 aromatic carbocycles. The maximum absolute atomic E-state index is 11.0. The minimum atomic E-state index is -0.101. The molecule has 1 unspecified atom stereocenters. The van der Waals surface area contributed by atoms with Crippen LogP contribution in [0.2, 0.25) is 0 Å². The highest BCUT2D eigenvalue weighted by atomic mass is 16.6. The Labute approximate surface area is 72.0 Å². The third kappa shape index (κ3) is 1.46. The molecule has 1 aliphatic carbocycles. The first-order chi connectivity index (χ1) is 5.81.